The van der Waals surface area contributed by atoms with Crippen LogP contribution in [0.5, 0.6) is 0 Å². The summed E-state index contributed by atoms with van der Waals surface area (Å²) < 4.78 is 16.5. The highest BCUT2D eigenvalue weighted by Crippen LogP contribution is 2.28. The summed E-state index contributed by atoms with van der Waals surface area (Å²) in [6.07, 6.45) is 3.88. The lowest BCUT2D eigenvalue weighted by Crippen LogP contribution is -2.01. The summed E-state index contributed by atoms with van der Waals surface area (Å²) in [5, 5.41) is 9.33. The first-order valence-corrected chi connectivity index (χ1v) is 10.3. The van der Waals surface area contributed by atoms with E-state index in [0.717, 1.165) is 28.1 Å². The van der Waals surface area contributed by atoms with Crippen molar-refractivity contribution >= 4 is 0 Å². The van der Waals surface area contributed by atoms with Crippen LogP contribution in [0.3, 0.4) is 0 Å². The van der Waals surface area contributed by atoms with Crippen molar-refractivity contribution in [3.05, 3.63) is 108 Å². The summed E-state index contributed by atoms with van der Waals surface area (Å²) in [6.45, 7) is 2.40. The number of benzene rings is 3. The molecule has 32 heavy (non-hydrogen) atoms. The molecule has 0 aromatic heterocycles. The smallest absolute Gasteiger partial charge is 0.163 e. The third-order valence-electron chi connectivity index (χ3n) is 5.54. The molecule has 3 aromatic rings. The SMILES string of the molecule is Cc1cccc(-c2nc3ccn(Cc4ccc(-c5ccccc5C#N)cc4)cc-3n2)c1F. The molecule has 4 nitrogen and oxygen atoms in total. The molecule has 2 aliphatic rings. The number of imidazole rings is 1. The summed E-state index contributed by atoms with van der Waals surface area (Å²) in [7, 11) is 0. The van der Waals surface area contributed by atoms with Crippen molar-refractivity contribution in [2.75, 3.05) is 0 Å². The van der Waals surface area contributed by atoms with Crippen LogP contribution in [-0.2, 0) is 6.54 Å². The largest absolute Gasteiger partial charge is 0.348 e. The van der Waals surface area contributed by atoms with Crippen LogP contribution in [-0.4, -0.2) is 14.5 Å². The predicted molar refractivity (Wildman–Crippen MR) is 122 cm³/mol. The van der Waals surface area contributed by atoms with Crippen molar-refractivity contribution in [1.82, 2.24) is 14.5 Å². The zero-order valence-corrected chi connectivity index (χ0v) is 17.5. The van der Waals surface area contributed by atoms with E-state index in [1.54, 1.807) is 19.1 Å². The molecule has 0 saturated carbocycles. The molecular weight excluding hydrogens is 399 g/mol. The highest BCUT2D eigenvalue weighted by Gasteiger charge is 2.16. The molecule has 3 aromatic carbocycles. The molecule has 0 aliphatic carbocycles. The Morgan fingerprint density at radius 3 is 2.44 bits per heavy atom. The van der Waals surface area contributed by atoms with Crippen LogP contribution in [0.2, 0.25) is 0 Å². The molecule has 0 fully saturated rings. The maximum atomic E-state index is 14.5. The Morgan fingerprint density at radius 2 is 1.62 bits per heavy atom. The van der Waals surface area contributed by atoms with E-state index in [-0.39, 0.29) is 5.82 Å². The van der Waals surface area contributed by atoms with Crippen molar-refractivity contribution in [2.45, 2.75) is 13.5 Å². The minimum Gasteiger partial charge on any atom is -0.348 e. The molecule has 0 atom stereocenters. The first kappa shape index (κ1) is 19.7. The van der Waals surface area contributed by atoms with Gasteiger partial charge in [-0.3, -0.25) is 0 Å². The summed E-state index contributed by atoms with van der Waals surface area (Å²) in [5.41, 5.74) is 6.18. The van der Waals surface area contributed by atoms with Gasteiger partial charge in [-0.2, -0.15) is 5.26 Å². The van der Waals surface area contributed by atoms with E-state index >= 15 is 0 Å². The van der Waals surface area contributed by atoms with Gasteiger partial charge in [0.2, 0.25) is 0 Å². The van der Waals surface area contributed by atoms with E-state index in [1.165, 1.54) is 0 Å². The number of fused-ring (bicyclic) bond motifs is 1. The zero-order valence-electron chi connectivity index (χ0n) is 17.5. The van der Waals surface area contributed by atoms with Crippen molar-refractivity contribution in [1.29, 1.82) is 5.26 Å². The van der Waals surface area contributed by atoms with Gasteiger partial charge in [0.25, 0.3) is 0 Å². The lowest BCUT2D eigenvalue weighted by Gasteiger charge is -2.09. The Kier molecular flexibility index (Phi) is 4.97. The van der Waals surface area contributed by atoms with Gasteiger partial charge in [-0.05, 0) is 47.4 Å². The zero-order chi connectivity index (χ0) is 22.1. The number of rotatable bonds is 4. The Bertz CT molecular complexity index is 1430. The minimum absolute atomic E-state index is 0.284. The fourth-order valence-electron chi connectivity index (χ4n) is 3.82. The van der Waals surface area contributed by atoms with E-state index in [9.17, 15) is 9.65 Å². The number of pyridine rings is 1. The number of aromatic nitrogens is 3. The maximum absolute atomic E-state index is 14.5. The second-order valence-electron chi connectivity index (χ2n) is 7.73. The van der Waals surface area contributed by atoms with Crippen molar-refractivity contribution in [3.63, 3.8) is 0 Å². The molecule has 154 valence electrons. The first-order chi connectivity index (χ1) is 15.6. The van der Waals surface area contributed by atoms with Crippen LogP contribution in [0.25, 0.3) is 33.9 Å². The summed E-state index contributed by atoms with van der Waals surface area (Å²) >= 11 is 0. The van der Waals surface area contributed by atoms with Gasteiger partial charge in [0, 0.05) is 18.9 Å². The number of nitriles is 1. The fraction of sp³-hybridized carbons (Fsp3) is 0.0741. The molecular formula is C27H19FN4. The van der Waals surface area contributed by atoms with Crippen LogP contribution in [0, 0.1) is 24.1 Å². The van der Waals surface area contributed by atoms with Crippen LogP contribution < -0.4 is 0 Å². The van der Waals surface area contributed by atoms with E-state index in [0.29, 0.717) is 29.1 Å². The fourth-order valence-corrected chi connectivity index (χ4v) is 3.82. The number of hydrogen-bond acceptors (Lipinski definition) is 3. The van der Waals surface area contributed by atoms with Gasteiger partial charge in [-0.15, -0.1) is 0 Å². The molecule has 0 spiro atoms. The second-order valence-corrected chi connectivity index (χ2v) is 7.73. The Hall–Kier alpha value is -4.30. The lowest BCUT2D eigenvalue weighted by molar-refractivity contribution is 0.621. The summed E-state index contributed by atoms with van der Waals surface area (Å²) in [6, 6.07) is 25.2. The van der Waals surface area contributed by atoms with Gasteiger partial charge in [0.1, 0.15) is 11.5 Å². The van der Waals surface area contributed by atoms with E-state index < -0.39 is 0 Å². The topological polar surface area (TPSA) is 54.5 Å². The number of nitrogens with zero attached hydrogens (tertiary/aromatic N) is 4. The van der Waals surface area contributed by atoms with Gasteiger partial charge >= 0.3 is 0 Å². The lowest BCUT2D eigenvalue weighted by atomic mass is 9.99. The van der Waals surface area contributed by atoms with Crippen LogP contribution in [0.15, 0.2) is 85.2 Å². The number of halogens is 1. The first-order valence-electron chi connectivity index (χ1n) is 10.3. The Labute approximate surface area is 185 Å². The Balaban J connectivity index is 1.41. The van der Waals surface area contributed by atoms with Gasteiger partial charge in [-0.1, -0.05) is 54.6 Å². The molecule has 5 rings (SSSR count). The quantitative estimate of drug-likeness (QED) is 0.355. The highest BCUT2D eigenvalue weighted by atomic mass is 19.1. The molecule has 0 amide bonds. The molecule has 2 heterocycles. The molecule has 0 bridgehead atoms. The van der Waals surface area contributed by atoms with Gasteiger partial charge in [0.05, 0.1) is 22.9 Å². The molecule has 5 heteroatoms. The van der Waals surface area contributed by atoms with Crippen LogP contribution in [0.4, 0.5) is 4.39 Å². The van der Waals surface area contributed by atoms with Gasteiger partial charge in [0.15, 0.2) is 5.82 Å². The minimum atomic E-state index is -0.284. The van der Waals surface area contributed by atoms with Crippen molar-refractivity contribution < 1.29 is 4.39 Å². The molecule has 2 aliphatic heterocycles. The maximum Gasteiger partial charge on any atom is 0.163 e. The molecule has 0 radical (unpaired) electrons. The van der Waals surface area contributed by atoms with Crippen molar-refractivity contribution in [3.8, 4) is 40.0 Å². The Morgan fingerprint density at radius 1 is 0.875 bits per heavy atom. The van der Waals surface area contributed by atoms with Gasteiger partial charge < -0.3 is 4.57 Å². The third-order valence-corrected chi connectivity index (χ3v) is 5.54. The molecule has 0 unspecified atom stereocenters. The monoisotopic (exact) mass is 418 g/mol. The number of hydrogen-bond donors (Lipinski definition) is 0. The summed E-state index contributed by atoms with van der Waals surface area (Å²) in [4.78, 5) is 9.06. The van der Waals surface area contributed by atoms with Crippen molar-refractivity contribution in [2.24, 2.45) is 0 Å². The number of aryl methyl sites for hydroxylation is 1. The summed E-state index contributed by atoms with van der Waals surface area (Å²) in [5.74, 6) is 0.119. The highest BCUT2D eigenvalue weighted by molar-refractivity contribution is 5.70. The average molecular weight is 418 g/mol. The molecule has 0 N–H and O–H groups in total. The standard InChI is InChI=1S/C27H19FN4/c1-18-5-4-8-23(26(18)28)27-30-24-13-14-32(17-25(24)31-27)16-19-9-11-20(12-10-19)22-7-3-2-6-21(22)15-29/h2-14,17H,16H2,1H3. The van der Waals surface area contributed by atoms with Crippen LogP contribution >= 0.6 is 0 Å². The second kappa shape index (κ2) is 8.09. The van der Waals surface area contributed by atoms with Gasteiger partial charge in [-0.25, -0.2) is 14.4 Å². The van der Waals surface area contributed by atoms with E-state index in [1.807, 2.05) is 65.5 Å². The third kappa shape index (κ3) is 3.63. The average Bonchev–Trinajstić information content (AvgIpc) is 3.24. The van der Waals surface area contributed by atoms with E-state index in [4.69, 9.17) is 0 Å². The normalized spacial score (nSPS) is 10.9. The molecule has 0 saturated heterocycles. The predicted octanol–water partition coefficient (Wildman–Crippen LogP) is 6.08. The van der Waals surface area contributed by atoms with E-state index in [2.05, 4.69) is 28.2 Å². The van der Waals surface area contributed by atoms with Crippen LogP contribution in [0.1, 0.15) is 16.7 Å².